The van der Waals surface area contributed by atoms with E-state index in [0.717, 1.165) is 64.2 Å². The van der Waals surface area contributed by atoms with Gasteiger partial charge in [-0.2, -0.15) is 0 Å². The Balaban J connectivity index is 4.17. The van der Waals surface area contributed by atoms with Crippen molar-refractivity contribution in [3.05, 3.63) is 85.1 Å². The zero-order chi connectivity index (χ0) is 39.1. The van der Waals surface area contributed by atoms with E-state index in [0.29, 0.717) is 19.3 Å². The van der Waals surface area contributed by atoms with Crippen LogP contribution in [0, 0.1) is 0 Å². The van der Waals surface area contributed by atoms with Crippen molar-refractivity contribution in [2.45, 2.75) is 161 Å². The van der Waals surface area contributed by atoms with Gasteiger partial charge < -0.3 is 24.4 Å². The molecule has 0 aliphatic carbocycles. The predicted octanol–water partition coefficient (Wildman–Crippen LogP) is 11.0. The number of carbonyl (C=O) groups is 2. The van der Waals surface area contributed by atoms with Gasteiger partial charge in [-0.1, -0.05) is 144 Å². The van der Waals surface area contributed by atoms with E-state index < -0.39 is 38.6 Å². The molecule has 53 heavy (non-hydrogen) atoms. The zero-order valence-corrected chi connectivity index (χ0v) is 33.6. The van der Waals surface area contributed by atoms with Gasteiger partial charge in [-0.25, -0.2) is 4.57 Å². The fraction of sp³-hybridized carbons (Fsp3) is 0.628. The molecule has 302 valence electrons. The molecule has 9 nitrogen and oxygen atoms in total. The van der Waals surface area contributed by atoms with Gasteiger partial charge in [-0.15, -0.1) is 0 Å². The molecule has 0 aromatic heterocycles. The van der Waals surface area contributed by atoms with Gasteiger partial charge in [0.25, 0.3) is 0 Å². The number of phosphoric ester groups is 1. The Labute approximate surface area is 321 Å². The first kappa shape index (κ1) is 50.2. The van der Waals surface area contributed by atoms with Crippen molar-refractivity contribution >= 4 is 19.8 Å². The molecule has 0 saturated heterocycles. The summed E-state index contributed by atoms with van der Waals surface area (Å²) in [4.78, 5) is 42.8. The molecule has 0 radical (unpaired) electrons. The molecule has 1 unspecified atom stereocenters. The Morgan fingerprint density at radius 2 is 1.13 bits per heavy atom. The molecule has 0 saturated carbocycles. The molecule has 10 heteroatoms. The minimum atomic E-state index is -4.81. The molecule has 3 N–H and O–H groups in total. The third kappa shape index (κ3) is 40.2. The predicted molar refractivity (Wildman–Crippen MR) is 217 cm³/mol. The van der Waals surface area contributed by atoms with Crippen molar-refractivity contribution in [3.63, 3.8) is 0 Å². The first-order valence-electron chi connectivity index (χ1n) is 20.0. The normalized spacial score (nSPS) is 14.0. The summed E-state index contributed by atoms with van der Waals surface area (Å²) in [7, 11) is -4.81. The summed E-state index contributed by atoms with van der Waals surface area (Å²) in [5.74, 6) is -1.11. The highest BCUT2D eigenvalue weighted by atomic mass is 31.2. The standard InChI is InChI=1S/C43H71O9P/c1-3-5-7-9-11-13-15-17-18-19-20-22-24-26-28-30-32-36-43(46)52-41(39-51-53(47,48)49)38-50-42(45)37-33-35-40(44)34-31-29-27-25-23-21-16-14-12-10-8-6-4-2/h6,8,11-14,17-18,21,23,27,29,31,34,40-41,44H,3-5,7,9-10,15-16,19-20,22,24-26,28,30,32-33,35-39H2,1-2H3,(H2,47,48,49)/b8-6-,13-11-,14-12-,18-17-,23-21-,29-27-,34-31+/t40?,41-/m1/s1. The highest BCUT2D eigenvalue weighted by Gasteiger charge is 2.23. The molecular formula is C43H71O9P. The molecule has 0 aliphatic rings. The molecular weight excluding hydrogens is 691 g/mol. The van der Waals surface area contributed by atoms with E-state index in [1.165, 1.54) is 38.5 Å². The second-order valence-corrected chi connectivity index (χ2v) is 14.3. The van der Waals surface area contributed by atoms with Crippen molar-refractivity contribution in [3.8, 4) is 0 Å². The smallest absolute Gasteiger partial charge is 0.462 e. The van der Waals surface area contributed by atoms with E-state index >= 15 is 0 Å². The van der Waals surface area contributed by atoms with Crippen LogP contribution in [-0.2, 0) is 28.2 Å². The lowest BCUT2D eigenvalue weighted by Crippen LogP contribution is -2.29. The van der Waals surface area contributed by atoms with Gasteiger partial charge in [-0.3, -0.25) is 14.1 Å². The van der Waals surface area contributed by atoms with Crippen molar-refractivity contribution in [2.75, 3.05) is 13.2 Å². The summed E-state index contributed by atoms with van der Waals surface area (Å²) in [6, 6.07) is 0. The number of hydrogen-bond donors (Lipinski definition) is 3. The van der Waals surface area contributed by atoms with E-state index in [1.54, 1.807) is 12.2 Å². The number of carbonyl (C=O) groups excluding carboxylic acids is 2. The lowest BCUT2D eigenvalue weighted by Gasteiger charge is -2.18. The number of aliphatic hydroxyl groups excluding tert-OH is 1. The summed E-state index contributed by atoms with van der Waals surface area (Å²) in [6.45, 7) is 3.35. The molecule has 0 bridgehead atoms. The Hall–Kier alpha value is -2.81. The summed E-state index contributed by atoms with van der Waals surface area (Å²) >= 11 is 0. The SMILES string of the molecule is CC/C=C\C/C=C\C/C=C\C/C=C\C=C\C(O)CCCC(=O)OC[C@H](COP(=O)(O)O)OC(=O)CCCCCCCCC/C=C\C/C=C\CCCCC. The van der Waals surface area contributed by atoms with Gasteiger partial charge in [0.2, 0.25) is 0 Å². The van der Waals surface area contributed by atoms with E-state index in [-0.39, 0.29) is 19.4 Å². The maximum atomic E-state index is 12.4. The van der Waals surface area contributed by atoms with Crippen LogP contribution in [0.25, 0.3) is 0 Å². The van der Waals surface area contributed by atoms with Gasteiger partial charge in [0.1, 0.15) is 6.61 Å². The summed E-state index contributed by atoms with van der Waals surface area (Å²) < 4.78 is 26.2. The lowest BCUT2D eigenvalue weighted by atomic mass is 10.1. The Morgan fingerprint density at radius 1 is 0.604 bits per heavy atom. The number of ether oxygens (including phenoxy) is 2. The quantitative estimate of drug-likeness (QED) is 0.0189. The van der Waals surface area contributed by atoms with Crippen LogP contribution < -0.4 is 0 Å². The molecule has 0 fully saturated rings. The average Bonchev–Trinajstić information content (AvgIpc) is 3.12. The Morgan fingerprint density at radius 3 is 1.74 bits per heavy atom. The largest absolute Gasteiger partial charge is 0.469 e. The first-order chi connectivity index (χ1) is 25.7. The number of unbranched alkanes of at least 4 members (excludes halogenated alkanes) is 10. The summed E-state index contributed by atoms with van der Waals surface area (Å²) in [5.41, 5.74) is 0. The fourth-order valence-corrected chi connectivity index (χ4v) is 5.38. The minimum absolute atomic E-state index is 0.0302. The molecule has 0 amide bonds. The van der Waals surface area contributed by atoms with Crippen LogP contribution in [0.15, 0.2) is 85.1 Å². The van der Waals surface area contributed by atoms with Crippen molar-refractivity contribution in [1.82, 2.24) is 0 Å². The van der Waals surface area contributed by atoms with Gasteiger partial charge in [-0.05, 0) is 77.0 Å². The first-order valence-corrected chi connectivity index (χ1v) is 21.5. The van der Waals surface area contributed by atoms with E-state index in [2.05, 4.69) is 79.1 Å². The van der Waals surface area contributed by atoms with Crippen LogP contribution in [0.4, 0.5) is 0 Å². The number of rotatable bonds is 35. The third-order valence-corrected chi connectivity index (χ3v) is 8.49. The molecule has 0 heterocycles. The van der Waals surface area contributed by atoms with Crippen molar-refractivity contribution in [1.29, 1.82) is 0 Å². The maximum Gasteiger partial charge on any atom is 0.469 e. The number of esters is 2. The van der Waals surface area contributed by atoms with Crippen LogP contribution in [0.3, 0.4) is 0 Å². The number of allylic oxidation sites excluding steroid dienone is 13. The molecule has 0 aromatic rings. The minimum Gasteiger partial charge on any atom is -0.462 e. The lowest BCUT2D eigenvalue weighted by molar-refractivity contribution is -0.161. The average molecular weight is 763 g/mol. The Kier molecular flexibility index (Phi) is 35.5. The van der Waals surface area contributed by atoms with Crippen LogP contribution in [-0.4, -0.2) is 52.3 Å². The number of aliphatic hydroxyl groups is 1. The second-order valence-electron chi connectivity index (χ2n) is 13.1. The second kappa shape index (κ2) is 37.5. The number of phosphoric acid groups is 1. The van der Waals surface area contributed by atoms with Gasteiger partial charge >= 0.3 is 19.8 Å². The third-order valence-electron chi connectivity index (χ3n) is 8.00. The van der Waals surface area contributed by atoms with E-state index in [4.69, 9.17) is 19.3 Å². The van der Waals surface area contributed by atoms with E-state index in [1.807, 2.05) is 12.2 Å². The van der Waals surface area contributed by atoms with E-state index in [9.17, 15) is 19.3 Å². The van der Waals surface area contributed by atoms with Gasteiger partial charge in [0.05, 0.1) is 12.7 Å². The van der Waals surface area contributed by atoms with Crippen LogP contribution in [0.1, 0.15) is 149 Å². The molecule has 0 rings (SSSR count). The van der Waals surface area contributed by atoms with Gasteiger partial charge in [0, 0.05) is 12.8 Å². The van der Waals surface area contributed by atoms with Crippen molar-refractivity contribution < 1.29 is 43.0 Å². The Bertz CT molecular complexity index is 1150. The summed E-state index contributed by atoms with van der Waals surface area (Å²) in [5, 5.41) is 10.2. The highest BCUT2D eigenvalue weighted by molar-refractivity contribution is 7.46. The molecule has 0 spiro atoms. The maximum absolute atomic E-state index is 12.4. The highest BCUT2D eigenvalue weighted by Crippen LogP contribution is 2.36. The van der Waals surface area contributed by atoms with Crippen LogP contribution >= 0.6 is 7.82 Å². The van der Waals surface area contributed by atoms with Gasteiger partial charge in [0.15, 0.2) is 6.10 Å². The monoisotopic (exact) mass is 762 g/mol. The molecule has 2 atom stereocenters. The van der Waals surface area contributed by atoms with Crippen LogP contribution in [0.2, 0.25) is 0 Å². The molecule has 0 aliphatic heterocycles. The van der Waals surface area contributed by atoms with Crippen LogP contribution in [0.5, 0.6) is 0 Å². The fourth-order valence-electron chi connectivity index (χ4n) is 5.02. The topological polar surface area (TPSA) is 140 Å². The zero-order valence-electron chi connectivity index (χ0n) is 32.7. The number of hydrogen-bond acceptors (Lipinski definition) is 7. The molecule has 0 aromatic carbocycles. The van der Waals surface area contributed by atoms with Crippen molar-refractivity contribution in [2.24, 2.45) is 0 Å². The summed E-state index contributed by atoms with van der Waals surface area (Å²) in [6.07, 6.45) is 46.2.